The number of rotatable bonds is 5. The van der Waals surface area contributed by atoms with Crippen molar-refractivity contribution in [2.45, 2.75) is 40.7 Å². The number of carbonyl (C=O) groups excluding carboxylic acids is 1. The fourth-order valence-corrected chi connectivity index (χ4v) is 2.35. The first-order chi connectivity index (χ1) is 9.54. The molecule has 0 saturated heterocycles. The van der Waals surface area contributed by atoms with Crippen LogP contribution in [-0.4, -0.2) is 27.4 Å². The second kappa shape index (κ2) is 5.90. The lowest BCUT2D eigenvalue weighted by Gasteiger charge is -2.06. The minimum atomic E-state index is -0.166. The molecule has 2 aromatic rings. The van der Waals surface area contributed by atoms with E-state index in [4.69, 9.17) is 4.52 Å². The molecule has 0 saturated carbocycles. The molecule has 108 valence electrons. The molecule has 2 aromatic heterocycles. The number of nitrogens with zero attached hydrogens (tertiary/aromatic N) is 3. The van der Waals surface area contributed by atoms with Crippen molar-refractivity contribution in [3.63, 3.8) is 0 Å². The third kappa shape index (κ3) is 2.74. The van der Waals surface area contributed by atoms with E-state index in [0.717, 1.165) is 12.1 Å². The zero-order valence-electron chi connectivity index (χ0n) is 12.4. The van der Waals surface area contributed by atoms with Crippen molar-refractivity contribution in [3.05, 3.63) is 34.5 Å². The number of aromatic nitrogens is 3. The second-order valence-electron chi connectivity index (χ2n) is 4.78. The summed E-state index contributed by atoms with van der Waals surface area (Å²) in [6.07, 6.45) is 2.41. The predicted molar refractivity (Wildman–Crippen MR) is 74.7 cm³/mol. The summed E-state index contributed by atoms with van der Waals surface area (Å²) >= 11 is 0. The Morgan fingerprint density at radius 3 is 2.70 bits per heavy atom. The van der Waals surface area contributed by atoms with Crippen LogP contribution in [0.3, 0.4) is 0 Å². The number of aryl methyl sites for hydroxylation is 2. The topological polar surface area (TPSA) is 73.0 Å². The molecule has 1 N–H and O–H groups in total. The molecule has 20 heavy (non-hydrogen) atoms. The van der Waals surface area contributed by atoms with E-state index in [1.807, 2.05) is 11.6 Å². The van der Waals surface area contributed by atoms with Crippen LogP contribution in [0, 0.1) is 20.8 Å². The summed E-state index contributed by atoms with van der Waals surface area (Å²) in [6, 6.07) is 0. The molecule has 1 amide bonds. The zero-order valence-corrected chi connectivity index (χ0v) is 12.4. The maximum absolute atomic E-state index is 11.9. The van der Waals surface area contributed by atoms with Crippen LogP contribution in [0.2, 0.25) is 0 Å². The van der Waals surface area contributed by atoms with Gasteiger partial charge in [-0.2, -0.15) is 5.10 Å². The van der Waals surface area contributed by atoms with Gasteiger partial charge in [0.05, 0.1) is 18.4 Å². The van der Waals surface area contributed by atoms with E-state index in [2.05, 4.69) is 29.4 Å². The Balaban J connectivity index is 1.94. The quantitative estimate of drug-likeness (QED) is 0.903. The molecule has 0 spiro atoms. The molecule has 2 rings (SSSR count). The highest BCUT2D eigenvalue weighted by Crippen LogP contribution is 2.13. The Kier molecular flexibility index (Phi) is 4.22. The highest BCUT2D eigenvalue weighted by atomic mass is 16.5. The summed E-state index contributed by atoms with van der Waals surface area (Å²) in [6.45, 7) is 9.10. The molecule has 0 fully saturated rings. The predicted octanol–water partition coefficient (Wildman–Crippen LogP) is 1.79. The first-order valence-electron chi connectivity index (χ1n) is 6.77. The van der Waals surface area contributed by atoms with Crippen LogP contribution < -0.4 is 5.32 Å². The fraction of sp³-hybridized carbons (Fsp3) is 0.500. The molecule has 6 heteroatoms. The highest BCUT2D eigenvalue weighted by molar-refractivity contribution is 5.94. The molecular weight excluding hydrogens is 256 g/mol. The summed E-state index contributed by atoms with van der Waals surface area (Å²) in [4.78, 5) is 11.9. The van der Waals surface area contributed by atoms with Gasteiger partial charge in [-0.25, -0.2) is 0 Å². The molecule has 0 bridgehead atoms. The van der Waals surface area contributed by atoms with Gasteiger partial charge in [0.25, 0.3) is 5.91 Å². The van der Waals surface area contributed by atoms with Gasteiger partial charge < -0.3 is 9.84 Å². The van der Waals surface area contributed by atoms with Gasteiger partial charge in [0, 0.05) is 12.2 Å². The number of hydrogen-bond donors (Lipinski definition) is 1. The van der Waals surface area contributed by atoms with Crippen LogP contribution in [0.4, 0.5) is 0 Å². The maximum atomic E-state index is 11.9. The van der Waals surface area contributed by atoms with Gasteiger partial charge in [-0.1, -0.05) is 12.1 Å². The molecule has 2 heterocycles. The third-order valence-electron chi connectivity index (χ3n) is 3.49. The van der Waals surface area contributed by atoms with E-state index >= 15 is 0 Å². The Hall–Kier alpha value is -2.11. The van der Waals surface area contributed by atoms with E-state index in [1.54, 1.807) is 6.92 Å². The van der Waals surface area contributed by atoms with Crippen molar-refractivity contribution >= 4 is 5.91 Å². The first kappa shape index (κ1) is 14.3. The number of carbonyl (C=O) groups is 1. The number of hydrogen-bond acceptors (Lipinski definition) is 4. The van der Waals surface area contributed by atoms with Gasteiger partial charge in [0.2, 0.25) is 0 Å². The summed E-state index contributed by atoms with van der Waals surface area (Å²) in [5, 5.41) is 10.9. The van der Waals surface area contributed by atoms with E-state index in [-0.39, 0.29) is 5.91 Å². The highest BCUT2D eigenvalue weighted by Gasteiger charge is 2.13. The lowest BCUT2D eigenvalue weighted by atomic mass is 10.1. The minimum absolute atomic E-state index is 0.166. The molecule has 0 aliphatic rings. The van der Waals surface area contributed by atoms with Gasteiger partial charge in [0.1, 0.15) is 11.3 Å². The molecule has 0 aliphatic heterocycles. The summed E-state index contributed by atoms with van der Waals surface area (Å²) < 4.78 is 6.81. The van der Waals surface area contributed by atoms with E-state index in [1.165, 1.54) is 17.5 Å². The smallest absolute Gasteiger partial charge is 0.256 e. The van der Waals surface area contributed by atoms with Crippen LogP contribution in [0.25, 0.3) is 0 Å². The fourth-order valence-electron chi connectivity index (χ4n) is 2.35. The van der Waals surface area contributed by atoms with Crippen LogP contribution >= 0.6 is 0 Å². The minimum Gasteiger partial charge on any atom is -0.361 e. The molecule has 0 aliphatic carbocycles. The molecule has 0 aromatic carbocycles. The Bertz CT molecular complexity index is 613. The van der Waals surface area contributed by atoms with Gasteiger partial charge in [0.15, 0.2) is 0 Å². The van der Waals surface area contributed by atoms with Gasteiger partial charge in [-0.15, -0.1) is 0 Å². The second-order valence-corrected chi connectivity index (χ2v) is 4.78. The standard InChI is InChI=1S/C14H20N4O2/c1-5-12-9(2)17-18(10(12)3)7-6-15-14(19)13-8-16-20-11(13)4/h8H,5-7H2,1-4H3,(H,15,19). The van der Waals surface area contributed by atoms with Crippen molar-refractivity contribution in [2.24, 2.45) is 0 Å². The molecule has 6 nitrogen and oxygen atoms in total. The van der Waals surface area contributed by atoms with Gasteiger partial charge >= 0.3 is 0 Å². The first-order valence-corrected chi connectivity index (χ1v) is 6.77. The van der Waals surface area contributed by atoms with Crippen molar-refractivity contribution < 1.29 is 9.32 Å². The Morgan fingerprint density at radius 1 is 1.40 bits per heavy atom. The number of amides is 1. The summed E-state index contributed by atoms with van der Waals surface area (Å²) in [7, 11) is 0. The average Bonchev–Trinajstić information content (AvgIpc) is 2.94. The van der Waals surface area contributed by atoms with Crippen molar-refractivity contribution in [2.75, 3.05) is 6.54 Å². The summed E-state index contributed by atoms with van der Waals surface area (Å²) in [5.74, 6) is 0.364. The van der Waals surface area contributed by atoms with Gasteiger partial charge in [-0.05, 0) is 32.8 Å². The largest absolute Gasteiger partial charge is 0.361 e. The van der Waals surface area contributed by atoms with Crippen molar-refractivity contribution in [1.29, 1.82) is 0 Å². The Morgan fingerprint density at radius 2 is 2.15 bits per heavy atom. The SMILES string of the molecule is CCc1c(C)nn(CCNC(=O)c2cnoc2C)c1C. The van der Waals surface area contributed by atoms with E-state index in [0.29, 0.717) is 24.4 Å². The number of nitrogens with one attached hydrogen (secondary N) is 1. The van der Waals surface area contributed by atoms with E-state index < -0.39 is 0 Å². The van der Waals surface area contributed by atoms with Crippen LogP contribution in [0.1, 0.15) is 40.0 Å². The lowest BCUT2D eigenvalue weighted by Crippen LogP contribution is -2.28. The lowest BCUT2D eigenvalue weighted by molar-refractivity contribution is 0.0950. The molecule has 0 atom stereocenters. The monoisotopic (exact) mass is 276 g/mol. The molecule has 0 radical (unpaired) electrons. The van der Waals surface area contributed by atoms with Crippen LogP contribution in [0.5, 0.6) is 0 Å². The van der Waals surface area contributed by atoms with Crippen molar-refractivity contribution in [1.82, 2.24) is 20.3 Å². The zero-order chi connectivity index (χ0) is 14.7. The molecule has 0 unspecified atom stereocenters. The summed E-state index contributed by atoms with van der Waals surface area (Å²) in [5.41, 5.74) is 3.99. The van der Waals surface area contributed by atoms with E-state index in [9.17, 15) is 4.79 Å². The van der Waals surface area contributed by atoms with Gasteiger partial charge in [-0.3, -0.25) is 9.48 Å². The maximum Gasteiger partial charge on any atom is 0.256 e. The Labute approximate surface area is 118 Å². The normalized spacial score (nSPS) is 10.8. The third-order valence-corrected chi connectivity index (χ3v) is 3.49. The molecular formula is C14H20N4O2. The van der Waals surface area contributed by atoms with Crippen molar-refractivity contribution in [3.8, 4) is 0 Å². The van der Waals surface area contributed by atoms with Crippen LogP contribution in [-0.2, 0) is 13.0 Å². The van der Waals surface area contributed by atoms with Crippen LogP contribution in [0.15, 0.2) is 10.7 Å². The average molecular weight is 276 g/mol.